The molecule has 0 aliphatic rings. The summed E-state index contributed by atoms with van der Waals surface area (Å²) in [4.78, 5) is 12.2. The number of hydrogen-bond donors (Lipinski definition) is 0. The molecule has 0 heterocycles. The monoisotopic (exact) mass is 332 g/mol. The molecule has 1 aromatic rings. The molecule has 1 unspecified atom stereocenters. The summed E-state index contributed by atoms with van der Waals surface area (Å²) in [5.74, 6) is 0.375. The maximum atomic E-state index is 12.2. The van der Waals surface area contributed by atoms with Crippen molar-refractivity contribution >= 4 is 5.97 Å². The van der Waals surface area contributed by atoms with Crippen LogP contribution in [-0.4, -0.2) is 12.6 Å². The number of unbranched alkanes of at least 4 members (excludes halogenated alkanes) is 6. The van der Waals surface area contributed by atoms with Crippen LogP contribution < -0.4 is 0 Å². The van der Waals surface area contributed by atoms with Crippen LogP contribution in [0, 0.1) is 5.92 Å². The smallest absolute Gasteiger partial charge is 0.313 e. The lowest BCUT2D eigenvalue weighted by molar-refractivity contribution is -0.145. The molecule has 1 aromatic carbocycles. The van der Waals surface area contributed by atoms with Crippen molar-refractivity contribution in [3.05, 3.63) is 35.4 Å². The van der Waals surface area contributed by atoms with Crippen molar-refractivity contribution in [2.45, 2.75) is 85.0 Å². The Morgan fingerprint density at radius 2 is 1.50 bits per heavy atom. The Morgan fingerprint density at radius 1 is 0.917 bits per heavy atom. The first-order chi connectivity index (χ1) is 11.5. The summed E-state index contributed by atoms with van der Waals surface area (Å²) >= 11 is 0. The summed E-state index contributed by atoms with van der Waals surface area (Å²) in [5, 5.41) is 0. The molecular weight excluding hydrogens is 296 g/mol. The number of carbonyl (C=O) groups excluding carboxylic acids is 1. The van der Waals surface area contributed by atoms with E-state index >= 15 is 0 Å². The topological polar surface area (TPSA) is 26.3 Å². The van der Waals surface area contributed by atoms with E-state index in [1.54, 1.807) is 0 Å². The molecule has 0 spiro atoms. The number of esters is 1. The Labute approximate surface area is 149 Å². The van der Waals surface area contributed by atoms with Gasteiger partial charge in [-0.25, -0.2) is 0 Å². The fourth-order valence-electron chi connectivity index (χ4n) is 2.91. The van der Waals surface area contributed by atoms with Gasteiger partial charge in [-0.15, -0.1) is 0 Å². The summed E-state index contributed by atoms with van der Waals surface area (Å²) in [7, 11) is 0. The Balaban J connectivity index is 2.24. The highest BCUT2D eigenvalue weighted by Gasteiger charge is 2.16. The van der Waals surface area contributed by atoms with E-state index < -0.39 is 0 Å². The lowest BCUT2D eigenvalue weighted by atomic mass is 9.97. The van der Waals surface area contributed by atoms with Gasteiger partial charge in [0.15, 0.2) is 0 Å². The van der Waals surface area contributed by atoms with Crippen LogP contribution in [0.5, 0.6) is 0 Å². The molecule has 0 aliphatic carbocycles. The molecule has 1 atom stereocenters. The van der Waals surface area contributed by atoms with Crippen LogP contribution in [0.25, 0.3) is 0 Å². The minimum Gasteiger partial charge on any atom is -0.465 e. The van der Waals surface area contributed by atoms with Gasteiger partial charge in [-0.05, 0) is 36.8 Å². The van der Waals surface area contributed by atoms with Crippen LogP contribution in [0.2, 0.25) is 0 Å². The molecule has 0 aromatic heterocycles. The maximum absolute atomic E-state index is 12.2. The number of rotatable bonds is 12. The molecule has 0 saturated heterocycles. The lowest BCUT2D eigenvalue weighted by Crippen LogP contribution is -2.14. The van der Waals surface area contributed by atoms with Crippen LogP contribution >= 0.6 is 0 Å². The molecule has 0 fully saturated rings. The SMILES string of the molecule is CCCCCCCCCOC(=O)C(C)c1ccc(CC(C)C)cc1. The molecule has 0 amide bonds. The van der Waals surface area contributed by atoms with Gasteiger partial charge in [0, 0.05) is 0 Å². The number of carbonyl (C=O) groups is 1. The average molecular weight is 333 g/mol. The maximum Gasteiger partial charge on any atom is 0.313 e. The number of hydrogen-bond acceptors (Lipinski definition) is 2. The van der Waals surface area contributed by atoms with Crippen LogP contribution in [0.4, 0.5) is 0 Å². The third-order valence-electron chi connectivity index (χ3n) is 4.47. The van der Waals surface area contributed by atoms with E-state index in [1.165, 1.54) is 37.7 Å². The van der Waals surface area contributed by atoms with Crippen LogP contribution in [0.1, 0.15) is 89.7 Å². The first kappa shape index (κ1) is 20.7. The summed E-state index contributed by atoms with van der Waals surface area (Å²) < 4.78 is 5.44. The fraction of sp³-hybridized carbons (Fsp3) is 0.682. The third-order valence-corrected chi connectivity index (χ3v) is 4.47. The van der Waals surface area contributed by atoms with Crippen molar-refractivity contribution in [2.24, 2.45) is 5.92 Å². The predicted molar refractivity (Wildman–Crippen MR) is 102 cm³/mol. The van der Waals surface area contributed by atoms with E-state index in [0.717, 1.165) is 24.8 Å². The van der Waals surface area contributed by atoms with E-state index in [-0.39, 0.29) is 11.9 Å². The highest BCUT2D eigenvalue weighted by atomic mass is 16.5. The molecule has 24 heavy (non-hydrogen) atoms. The van der Waals surface area contributed by atoms with Gasteiger partial charge in [-0.2, -0.15) is 0 Å². The Bertz CT molecular complexity index is 448. The molecule has 0 N–H and O–H groups in total. The lowest BCUT2D eigenvalue weighted by Gasteiger charge is -2.13. The molecule has 2 nitrogen and oxygen atoms in total. The number of benzene rings is 1. The first-order valence-corrected chi connectivity index (χ1v) is 9.80. The summed E-state index contributed by atoms with van der Waals surface area (Å²) in [6.45, 7) is 9.17. The molecular formula is C22H36O2. The Morgan fingerprint density at radius 3 is 2.08 bits per heavy atom. The first-order valence-electron chi connectivity index (χ1n) is 9.80. The van der Waals surface area contributed by atoms with Crippen molar-refractivity contribution < 1.29 is 9.53 Å². The van der Waals surface area contributed by atoms with E-state index in [4.69, 9.17) is 4.74 Å². The highest BCUT2D eigenvalue weighted by Crippen LogP contribution is 2.19. The molecule has 0 bridgehead atoms. The van der Waals surface area contributed by atoms with Crippen molar-refractivity contribution in [2.75, 3.05) is 6.61 Å². The molecule has 136 valence electrons. The Hall–Kier alpha value is -1.31. The largest absolute Gasteiger partial charge is 0.465 e. The van der Waals surface area contributed by atoms with Gasteiger partial charge in [-0.3, -0.25) is 4.79 Å². The van der Waals surface area contributed by atoms with E-state index in [1.807, 2.05) is 6.92 Å². The quantitative estimate of drug-likeness (QED) is 0.332. The predicted octanol–water partition coefficient (Wildman–Crippen LogP) is 6.28. The van der Waals surface area contributed by atoms with Crippen molar-refractivity contribution in [3.8, 4) is 0 Å². The molecule has 1 rings (SSSR count). The minimum atomic E-state index is -0.178. The van der Waals surface area contributed by atoms with Gasteiger partial charge in [-0.1, -0.05) is 83.6 Å². The van der Waals surface area contributed by atoms with Crippen molar-refractivity contribution in [3.63, 3.8) is 0 Å². The second-order valence-electron chi connectivity index (χ2n) is 7.35. The molecule has 0 aliphatic heterocycles. The highest BCUT2D eigenvalue weighted by molar-refractivity contribution is 5.77. The van der Waals surface area contributed by atoms with Gasteiger partial charge in [0.05, 0.1) is 12.5 Å². The van der Waals surface area contributed by atoms with Gasteiger partial charge >= 0.3 is 5.97 Å². The van der Waals surface area contributed by atoms with Crippen LogP contribution in [0.15, 0.2) is 24.3 Å². The van der Waals surface area contributed by atoms with Gasteiger partial charge < -0.3 is 4.74 Å². The molecule has 0 saturated carbocycles. The zero-order valence-electron chi connectivity index (χ0n) is 16.1. The zero-order valence-corrected chi connectivity index (χ0v) is 16.1. The summed E-state index contributed by atoms with van der Waals surface area (Å²) in [6, 6.07) is 8.40. The van der Waals surface area contributed by atoms with Crippen LogP contribution in [0.3, 0.4) is 0 Å². The van der Waals surface area contributed by atoms with E-state index in [0.29, 0.717) is 12.5 Å². The molecule has 2 heteroatoms. The van der Waals surface area contributed by atoms with Crippen LogP contribution in [-0.2, 0) is 16.0 Å². The summed E-state index contributed by atoms with van der Waals surface area (Å²) in [5.41, 5.74) is 2.38. The minimum absolute atomic E-state index is 0.0995. The van der Waals surface area contributed by atoms with Crippen molar-refractivity contribution in [1.29, 1.82) is 0 Å². The van der Waals surface area contributed by atoms with Gasteiger partial charge in [0.2, 0.25) is 0 Å². The fourth-order valence-corrected chi connectivity index (χ4v) is 2.91. The second-order valence-corrected chi connectivity index (χ2v) is 7.35. The zero-order chi connectivity index (χ0) is 17.8. The third kappa shape index (κ3) is 8.52. The van der Waals surface area contributed by atoms with E-state index in [2.05, 4.69) is 45.0 Å². The van der Waals surface area contributed by atoms with Gasteiger partial charge in [0.25, 0.3) is 0 Å². The van der Waals surface area contributed by atoms with Crippen molar-refractivity contribution in [1.82, 2.24) is 0 Å². The standard InChI is InChI=1S/C22H36O2/c1-5-6-7-8-9-10-11-16-24-22(23)19(4)21-14-12-20(13-15-21)17-18(2)3/h12-15,18-19H,5-11,16-17H2,1-4H3. The Kier molecular flexibility index (Phi) is 10.5. The summed E-state index contributed by atoms with van der Waals surface area (Å²) in [6.07, 6.45) is 9.74. The average Bonchev–Trinajstić information content (AvgIpc) is 2.56. The van der Waals surface area contributed by atoms with Gasteiger partial charge in [0.1, 0.15) is 0 Å². The second kappa shape index (κ2) is 12.1. The van der Waals surface area contributed by atoms with E-state index in [9.17, 15) is 4.79 Å². The normalized spacial score (nSPS) is 12.4. The molecule has 0 radical (unpaired) electrons. The number of ether oxygens (including phenoxy) is 1.